The topological polar surface area (TPSA) is 69.7 Å². The monoisotopic (exact) mass is 423 g/mol. The van der Waals surface area contributed by atoms with E-state index in [0.717, 1.165) is 41.9 Å². The normalized spacial score (nSPS) is 28.6. The van der Waals surface area contributed by atoms with Gasteiger partial charge in [-0.15, -0.1) is 0 Å². The van der Waals surface area contributed by atoms with Gasteiger partial charge in [0.15, 0.2) is 0 Å². The second-order valence-corrected chi connectivity index (χ2v) is 9.65. The zero-order valence-electron chi connectivity index (χ0n) is 18.5. The number of nitrogens with one attached hydrogen (secondary N) is 1. The summed E-state index contributed by atoms with van der Waals surface area (Å²) in [5, 5.41) is 2.85. The van der Waals surface area contributed by atoms with Gasteiger partial charge < -0.3 is 5.32 Å². The number of amides is 3. The second-order valence-electron chi connectivity index (χ2n) is 9.65. The average Bonchev–Trinajstić information content (AvgIpc) is 2.98. The van der Waals surface area contributed by atoms with Crippen LogP contribution >= 0.6 is 0 Å². The van der Waals surface area contributed by atoms with Gasteiger partial charge in [0.25, 0.3) is 0 Å². The first-order valence-corrected chi connectivity index (χ1v) is 11.5. The molecule has 1 aliphatic carbocycles. The number of fused-ring (bicyclic) bond motifs is 1. The number of hydrogen-bond acceptors (Lipinski definition) is 4. The van der Waals surface area contributed by atoms with E-state index in [1.54, 1.807) is 0 Å². The molecule has 0 saturated carbocycles. The molecule has 31 heavy (non-hydrogen) atoms. The smallest absolute Gasteiger partial charge is 0.240 e. The standard InChI is InChI=1S/C25H33N3O3/c1-17-11-18(2)14-27(13-17)15-20-9-7-19(8-10-20)12-26-23(29)16-28-24(30)21-5-3-4-6-22(21)25(28)31/h3-4,7-10,17-18,21-22H,5-6,11-16H2,1-2H3,(H,26,29). The summed E-state index contributed by atoms with van der Waals surface area (Å²) in [5.41, 5.74) is 2.29. The highest BCUT2D eigenvalue weighted by atomic mass is 16.2. The minimum Gasteiger partial charge on any atom is -0.350 e. The Labute approximate surface area is 184 Å². The fourth-order valence-electron chi connectivity index (χ4n) is 5.37. The van der Waals surface area contributed by atoms with E-state index in [1.165, 1.54) is 12.0 Å². The number of likely N-dealkylation sites (tertiary alicyclic amines) is 2. The Balaban J connectivity index is 1.25. The van der Waals surface area contributed by atoms with E-state index < -0.39 is 0 Å². The molecule has 0 radical (unpaired) electrons. The lowest BCUT2D eigenvalue weighted by Crippen LogP contribution is -2.40. The summed E-state index contributed by atoms with van der Waals surface area (Å²) in [5.74, 6) is 0.196. The Morgan fingerprint density at radius 2 is 1.48 bits per heavy atom. The van der Waals surface area contributed by atoms with Crippen LogP contribution in [0.5, 0.6) is 0 Å². The lowest BCUT2D eigenvalue weighted by atomic mass is 9.85. The van der Waals surface area contributed by atoms with Crippen molar-refractivity contribution in [2.45, 2.75) is 46.2 Å². The lowest BCUT2D eigenvalue weighted by molar-refractivity contribution is -0.143. The van der Waals surface area contributed by atoms with Gasteiger partial charge in [-0.25, -0.2) is 0 Å². The number of rotatable bonds is 6. The Bertz CT molecular complexity index is 827. The molecule has 6 heteroatoms. The molecule has 4 rings (SSSR count). The highest BCUT2D eigenvalue weighted by molar-refractivity contribution is 6.07. The molecule has 4 atom stereocenters. The minimum atomic E-state index is -0.298. The lowest BCUT2D eigenvalue weighted by Gasteiger charge is -2.35. The van der Waals surface area contributed by atoms with Crippen molar-refractivity contribution in [2.24, 2.45) is 23.7 Å². The predicted octanol–water partition coefficient (Wildman–Crippen LogP) is 2.73. The fraction of sp³-hybridized carbons (Fsp3) is 0.560. The van der Waals surface area contributed by atoms with Crippen molar-refractivity contribution in [3.05, 3.63) is 47.5 Å². The molecule has 4 unspecified atom stereocenters. The van der Waals surface area contributed by atoms with E-state index in [1.807, 2.05) is 24.3 Å². The van der Waals surface area contributed by atoms with E-state index in [-0.39, 0.29) is 36.1 Å². The molecule has 2 fully saturated rings. The third kappa shape index (κ3) is 5.06. The van der Waals surface area contributed by atoms with Crippen LogP contribution in [0.4, 0.5) is 0 Å². The fourth-order valence-corrected chi connectivity index (χ4v) is 5.37. The molecule has 1 aromatic carbocycles. The largest absolute Gasteiger partial charge is 0.350 e. The van der Waals surface area contributed by atoms with Crippen LogP contribution in [0.2, 0.25) is 0 Å². The number of hydrogen-bond donors (Lipinski definition) is 1. The van der Waals surface area contributed by atoms with Gasteiger partial charge in [0.05, 0.1) is 11.8 Å². The maximum atomic E-state index is 12.5. The molecule has 2 aliphatic heterocycles. The van der Waals surface area contributed by atoms with Crippen molar-refractivity contribution in [1.82, 2.24) is 15.1 Å². The maximum Gasteiger partial charge on any atom is 0.240 e. The van der Waals surface area contributed by atoms with Gasteiger partial charge in [-0.1, -0.05) is 50.3 Å². The number of benzene rings is 1. The first-order valence-electron chi connectivity index (χ1n) is 11.5. The SMILES string of the molecule is CC1CC(C)CN(Cc2ccc(CNC(=O)CN3C(=O)C4CC=CCC4C3=O)cc2)C1. The molecule has 6 nitrogen and oxygen atoms in total. The van der Waals surface area contributed by atoms with Gasteiger partial charge in [0, 0.05) is 26.2 Å². The molecule has 3 aliphatic rings. The van der Waals surface area contributed by atoms with Gasteiger partial charge in [-0.05, 0) is 42.2 Å². The molecule has 0 aromatic heterocycles. The third-order valence-corrected chi connectivity index (χ3v) is 6.76. The molecule has 0 bridgehead atoms. The highest BCUT2D eigenvalue weighted by Crippen LogP contribution is 2.34. The second kappa shape index (κ2) is 9.35. The maximum absolute atomic E-state index is 12.5. The van der Waals surface area contributed by atoms with Gasteiger partial charge in [-0.2, -0.15) is 0 Å². The molecule has 1 N–H and O–H groups in total. The van der Waals surface area contributed by atoms with Crippen LogP contribution in [0, 0.1) is 23.7 Å². The van der Waals surface area contributed by atoms with Crippen molar-refractivity contribution in [2.75, 3.05) is 19.6 Å². The zero-order valence-corrected chi connectivity index (χ0v) is 18.5. The van der Waals surface area contributed by atoms with Crippen molar-refractivity contribution in [3.8, 4) is 0 Å². The first kappa shape index (κ1) is 21.8. The van der Waals surface area contributed by atoms with Gasteiger partial charge in [0.1, 0.15) is 6.54 Å². The third-order valence-electron chi connectivity index (χ3n) is 6.76. The van der Waals surface area contributed by atoms with Crippen molar-refractivity contribution >= 4 is 17.7 Å². The van der Waals surface area contributed by atoms with Crippen molar-refractivity contribution < 1.29 is 14.4 Å². The minimum absolute atomic E-state index is 0.186. The number of nitrogens with zero attached hydrogens (tertiary/aromatic N) is 2. The zero-order chi connectivity index (χ0) is 22.0. The Kier molecular flexibility index (Phi) is 6.56. The molecule has 0 spiro atoms. The summed E-state index contributed by atoms with van der Waals surface area (Å²) in [7, 11) is 0. The van der Waals surface area contributed by atoms with Crippen molar-refractivity contribution in [3.63, 3.8) is 0 Å². The van der Waals surface area contributed by atoms with Crippen molar-refractivity contribution in [1.29, 1.82) is 0 Å². The Morgan fingerprint density at radius 3 is 2.06 bits per heavy atom. The van der Waals surface area contributed by atoms with E-state index in [0.29, 0.717) is 19.4 Å². The van der Waals surface area contributed by atoms with Gasteiger partial charge >= 0.3 is 0 Å². The molecule has 166 valence electrons. The van der Waals surface area contributed by atoms with E-state index >= 15 is 0 Å². The van der Waals surface area contributed by atoms with Crippen LogP contribution in [0.3, 0.4) is 0 Å². The van der Waals surface area contributed by atoms with Crippen LogP contribution in [-0.2, 0) is 27.5 Å². The average molecular weight is 424 g/mol. The summed E-state index contributed by atoms with van der Waals surface area (Å²) in [6.45, 7) is 8.10. The quantitative estimate of drug-likeness (QED) is 0.564. The summed E-state index contributed by atoms with van der Waals surface area (Å²) in [4.78, 5) is 41.0. The summed E-state index contributed by atoms with van der Waals surface area (Å²) in [6, 6.07) is 8.32. The Morgan fingerprint density at radius 1 is 0.935 bits per heavy atom. The molecule has 3 amide bonds. The first-order chi connectivity index (χ1) is 14.9. The molecular formula is C25H33N3O3. The number of piperidine rings is 1. The van der Waals surface area contributed by atoms with Crippen LogP contribution < -0.4 is 5.32 Å². The van der Waals surface area contributed by atoms with Crippen LogP contribution in [-0.4, -0.2) is 47.2 Å². The molecular weight excluding hydrogens is 390 g/mol. The number of carbonyl (C=O) groups excluding carboxylic acids is 3. The molecule has 2 saturated heterocycles. The summed E-state index contributed by atoms with van der Waals surface area (Å²) in [6.07, 6.45) is 6.39. The van der Waals surface area contributed by atoms with Crippen LogP contribution in [0.1, 0.15) is 44.2 Å². The Hall–Kier alpha value is -2.47. The van der Waals surface area contributed by atoms with Gasteiger partial charge in [0.2, 0.25) is 17.7 Å². The molecule has 2 heterocycles. The number of imide groups is 1. The van der Waals surface area contributed by atoms with Crippen LogP contribution in [0.25, 0.3) is 0 Å². The van der Waals surface area contributed by atoms with E-state index in [4.69, 9.17) is 0 Å². The molecule has 1 aromatic rings. The highest BCUT2D eigenvalue weighted by Gasteiger charge is 2.47. The van der Waals surface area contributed by atoms with E-state index in [9.17, 15) is 14.4 Å². The summed E-state index contributed by atoms with van der Waals surface area (Å²) < 4.78 is 0. The number of carbonyl (C=O) groups is 3. The predicted molar refractivity (Wildman–Crippen MR) is 119 cm³/mol. The number of allylic oxidation sites excluding steroid dienone is 2. The van der Waals surface area contributed by atoms with Crippen LogP contribution in [0.15, 0.2) is 36.4 Å². The van der Waals surface area contributed by atoms with Gasteiger partial charge in [-0.3, -0.25) is 24.2 Å². The van der Waals surface area contributed by atoms with E-state index in [2.05, 4.69) is 36.2 Å². The summed E-state index contributed by atoms with van der Waals surface area (Å²) >= 11 is 0.